The van der Waals surface area contributed by atoms with E-state index in [0.717, 1.165) is 4.70 Å². The fraction of sp³-hybridized carbons (Fsp3) is 0.444. The highest BCUT2D eigenvalue weighted by atomic mass is 32.2. The van der Waals surface area contributed by atoms with Crippen LogP contribution in [0, 0.1) is 11.7 Å². The fourth-order valence-electron chi connectivity index (χ4n) is 3.65. The summed E-state index contributed by atoms with van der Waals surface area (Å²) in [5.41, 5.74) is 0. The summed E-state index contributed by atoms with van der Waals surface area (Å²) in [7, 11) is -3.09. The highest BCUT2D eigenvalue weighted by molar-refractivity contribution is 7.91. The van der Waals surface area contributed by atoms with E-state index in [-0.39, 0.29) is 29.1 Å². The van der Waals surface area contributed by atoms with Gasteiger partial charge in [-0.3, -0.25) is 9.59 Å². The molecule has 1 aromatic heterocycles. The number of thiophene rings is 1. The first-order chi connectivity index (χ1) is 12.8. The molecule has 3 heterocycles. The van der Waals surface area contributed by atoms with Crippen molar-refractivity contribution in [2.24, 2.45) is 5.92 Å². The van der Waals surface area contributed by atoms with Crippen LogP contribution >= 0.6 is 11.3 Å². The molecule has 144 valence electrons. The maximum atomic E-state index is 13.3. The molecule has 2 saturated heterocycles. The first-order valence-corrected chi connectivity index (χ1v) is 11.4. The Morgan fingerprint density at radius 3 is 2.44 bits per heavy atom. The minimum absolute atomic E-state index is 0.0661. The predicted molar refractivity (Wildman–Crippen MR) is 101 cm³/mol. The van der Waals surface area contributed by atoms with Gasteiger partial charge < -0.3 is 9.80 Å². The lowest BCUT2D eigenvalue weighted by molar-refractivity contribution is -0.136. The Balaban J connectivity index is 1.39. The van der Waals surface area contributed by atoms with Crippen molar-refractivity contribution in [3.05, 3.63) is 35.0 Å². The molecule has 27 heavy (non-hydrogen) atoms. The average molecular weight is 410 g/mol. The molecule has 0 spiro atoms. The van der Waals surface area contributed by atoms with Crippen molar-refractivity contribution < 1.29 is 22.4 Å². The van der Waals surface area contributed by atoms with Gasteiger partial charge in [-0.1, -0.05) is 0 Å². The maximum absolute atomic E-state index is 13.3. The molecule has 6 nitrogen and oxygen atoms in total. The Labute approximate surface area is 160 Å². The zero-order chi connectivity index (χ0) is 19.2. The highest BCUT2D eigenvalue weighted by Gasteiger charge is 2.36. The standard InChI is InChI=1S/C18H19FN2O4S2/c19-14-1-2-15-13(9-14)10-16(26-15)18(23)21-6-4-20(5-7-21)17(22)12-3-8-27(24,25)11-12/h1-2,9-10,12H,3-8,11H2. The van der Waals surface area contributed by atoms with Crippen LogP contribution in [0.15, 0.2) is 24.3 Å². The molecule has 2 aromatic rings. The Morgan fingerprint density at radius 2 is 1.78 bits per heavy atom. The quantitative estimate of drug-likeness (QED) is 0.756. The molecule has 2 aliphatic rings. The molecule has 0 N–H and O–H groups in total. The maximum Gasteiger partial charge on any atom is 0.264 e. The molecule has 0 bridgehead atoms. The van der Waals surface area contributed by atoms with E-state index in [1.54, 1.807) is 21.9 Å². The van der Waals surface area contributed by atoms with Gasteiger partial charge in [0.15, 0.2) is 9.84 Å². The molecule has 2 aliphatic heterocycles. The first-order valence-electron chi connectivity index (χ1n) is 8.80. The van der Waals surface area contributed by atoms with Gasteiger partial charge in [0, 0.05) is 30.9 Å². The Bertz CT molecular complexity index is 1010. The molecule has 2 fully saturated rings. The van der Waals surface area contributed by atoms with Crippen LogP contribution in [0.1, 0.15) is 16.1 Å². The van der Waals surface area contributed by atoms with E-state index < -0.39 is 15.8 Å². The number of benzene rings is 1. The molecule has 9 heteroatoms. The number of carbonyl (C=O) groups excluding carboxylic acids is 2. The van der Waals surface area contributed by atoms with Crippen molar-refractivity contribution in [3.63, 3.8) is 0 Å². The molecular weight excluding hydrogens is 391 g/mol. The number of rotatable bonds is 2. The van der Waals surface area contributed by atoms with E-state index >= 15 is 0 Å². The van der Waals surface area contributed by atoms with Crippen LogP contribution in [0.3, 0.4) is 0 Å². The third-order valence-corrected chi connectivity index (χ3v) is 8.02. The summed E-state index contributed by atoms with van der Waals surface area (Å²) >= 11 is 1.33. The average Bonchev–Trinajstić information content (AvgIpc) is 3.23. The molecule has 4 rings (SSSR count). The number of hydrogen-bond acceptors (Lipinski definition) is 5. The largest absolute Gasteiger partial charge is 0.339 e. The number of hydrogen-bond donors (Lipinski definition) is 0. The first kappa shape index (κ1) is 18.4. The van der Waals surface area contributed by atoms with Gasteiger partial charge in [-0.15, -0.1) is 11.3 Å². The number of halogens is 1. The van der Waals surface area contributed by atoms with Crippen LogP contribution in [0.2, 0.25) is 0 Å². The zero-order valence-electron chi connectivity index (χ0n) is 14.6. The van der Waals surface area contributed by atoms with Crippen molar-refractivity contribution in [3.8, 4) is 0 Å². The molecule has 1 atom stereocenters. The second-order valence-electron chi connectivity index (χ2n) is 7.01. The van der Waals surface area contributed by atoms with E-state index in [9.17, 15) is 22.4 Å². The van der Waals surface area contributed by atoms with Crippen molar-refractivity contribution >= 4 is 43.1 Å². The Morgan fingerprint density at radius 1 is 1.07 bits per heavy atom. The topological polar surface area (TPSA) is 74.8 Å². The summed E-state index contributed by atoms with van der Waals surface area (Å²) < 4.78 is 37.3. The van der Waals surface area contributed by atoms with E-state index in [1.807, 2.05) is 0 Å². The van der Waals surface area contributed by atoms with Gasteiger partial charge in [0.2, 0.25) is 5.91 Å². The molecule has 0 aliphatic carbocycles. The molecule has 0 radical (unpaired) electrons. The van der Waals surface area contributed by atoms with Gasteiger partial charge in [-0.05, 0) is 36.1 Å². The zero-order valence-corrected chi connectivity index (χ0v) is 16.2. The van der Waals surface area contributed by atoms with Crippen LogP contribution < -0.4 is 0 Å². The van der Waals surface area contributed by atoms with Crippen LogP contribution in [0.4, 0.5) is 4.39 Å². The van der Waals surface area contributed by atoms with Crippen molar-refractivity contribution in [1.82, 2.24) is 9.80 Å². The summed E-state index contributed by atoms with van der Waals surface area (Å²) in [6, 6.07) is 6.15. The third kappa shape index (κ3) is 3.70. The fourth-order valence-corrected chi connectivity index (χ4v) is 6.40. The van der Waals surface area contributed by atoms with Gasteiger partial charge in [0.1, 0.15) is 5.82 Å². The minimum atomic E-state index is -3.09. The highest BCUT2D eigenvalue weighted by Crippen LogP contribution is 2.28. The summed E-state index contributed by atoms with van der Waals surface area (Å²) in [4.78, 5) is 29.1. The predicted octanol–water partition coefficient (Wildman–Crippen LogP) is 1.76. The normalized spacial score (nSPS) is 22.3. The molecular formula is C18H19FN2O4S2. The lowest BCUT2D eigenvalue weighted by Crippen LogP contribution is -2.52. The number of nitrogens with zero attached hydrogens (tertiary/aromatic N) is 2. The van der Waals surface area contributed by atoms with Gasteiger partial charge in [0.25, 0.3) is 5.91 Å². The second kappa shape index (κ2) is 6.87. The molecule has 2 amide bonds. The van der Waals surface area contributed by atoms with Crippen LogP contribution in [0.25, 0.3) is 10.1 Å². The smallest absolute Gasteiger partial charge is 0.264 e. The van der Waals surface area contributed by atoms with Gasteiger partial charge >= 0.3 is 0 Å². The van der Waals surface area contributed by atoms with Crippen molar-refractivity contribution in [2.75, 3.05) is 37.7 Å². The monoisotopic (exact) mass is 410 g/mol. The van der Waals surface area contributed by atoms with Gasteiger partial charge in [-0.25, -0.2) is 12.8 Å². The molecule has 1 unspecified atom stereocenters. The van der Waals surface area contributed by atoms with Crippen molar-refractivity contribution in [1.29, 1.82) is 0 Å². The van der Waals surface area contributed by atoms with Gasteiger partial charge in [0.05, 0.1) is 22.3 Å². The number of amides is 2. The molecule has 1 aromatic carbocycles. The Kier molecular flexibility index (Phi) is 4.67. The second-order valence-corrected chi connectivity index (χ2v) is 10.3. The van der Waals surface area contributed by atoms with E-state index in [0.29, 0.717) is 42.9 Å². The summed E-state index contributed by atoms with van der Waals surface area (Å²) in [6.45, 7) is 1.63. The van der Waals surface area contributed by atoms with Crippen molar-refractivity contribution in [2.45, 2.75) is 6.42 Å². The number of sulfone groups is 1. The minimum Gasteiger partial charge on any atom is -0.339 e. The van der Waals surface area contributed by atoms with E-state index in [2.05, 4.69) is 0 Å². The lowest BCUT2D eigenvalue weighted by Gasteiger charge is -2.35. The van der Waals surface area contributed by atoms with Crippen LogP contribution in [-0.4, -0.2) is 67.7 Å². The number of carbonyl (C=O) groups is 2. The van der Waals surface area contributed by atoms with Gasteiger partial charge in [-0.2, -0.15) is 0 Å². The summed E-state index contributed by atoms with van der Waals surface area (Å²) in [6.07, 6.45) is 0.388. The SMILES string of the molecule is O=C(c1cc2cc(F)ccc2s1)N1CCN(C(=O)C2CCS(=O)(=O)C2)CC1. The van der Waals surface area contributed by atoms with E-state index in [4.69, 9.17) is 0 Å². The number of piperazine rings is 1. The third-order valence-electron chi connectivity index (χ3n) is 5.15. The Hall–Kier alpha value is -2.00. The number of fused-ring (bicyclic) bond motifs is 1. The lowest BCUT2D eigenvalue weighted by atomic mass is 10.1. The summed E-state index contributed by atoms with van der Waals surface area (Å²) in [5, 5.41) is 0.708. The summed E-state index contributed by atoms with van der Waals surface area (Å²) in [5.74, 6) is -1.01. The molecule has 0 saturated carbocycles. The van der Waals surface area contributed by atoms with Crippen LogP contribution in [-0.2, 0) is 14.6 Å². The van der Waals surface area contributed by atoms with Crippen LogP contribution in [0.5, 0.6) is 0 Å². The van der Waals surface area contributed by atoms with E-state index in [1.165, 1.54) is 23.5 Å².